The monoisotopic (exact) mass is 304 g/mol. The molecule has 0 aliphatic heterocycles. The molecule has 1 unspecified atom stereocenters. The maximum atomic E-state index is 12.8. The van der Waals surface area contributed by atoms with E-state index in [0.29, 0.717) is 0 Å². The first-order valence-electron chi connectivity index (χ1n) is 5.26. The number of amides is 2. The van der Waals surface area contributed by atoms with E-state index in [9.17, 15) is 18.8 Å². The van der Waals surface area contributed by atoms with E-state index in [1.807, 2.05) is 5.32 Å². The highest BCUT2D eigenvalue weighted by Gasteiger charge is 2.23. The number of carboxylic acids is 2. The zero-order chi connectivity index (χ0) is 15.3. The summed E-state index contributed by atoms with van der Waals surface area (Å²) in [6, 6.07) is 0.639. The van der Waals surface area contributed by atoms with Crippen LogP contribution in [0.5, 0.6) is 0 Å². The molecule has 1 rings (SSSR count). The standard InChI is InChI=1S/C11H10ClFN2O5/c12-6-3-5(13)1-2-7(6)14-11(20)15-8(10(18)19)4-9(16)17/h1-3,8H,4H2,(H,16,17)(H,18,19)(H2,14,15,20). The molecule has 2 amide bonds. The number of benzene rings is 1. The van der Waals surface area contributed by atoms with E-state index < -0.39 is 36.2 Å². The van der Waals surface area contributed by atoms with E-state index in [2.05, 4.69) is 5.32 Å². The Hall–Kier alpha value is -2.35. The molecule has 4 N–H and O–H groups in total. The Labute approximate surface area is 117 Å². The van der Waals surface area contributed by atoms with Gasteiger partial charge in [0.1, 0.15) is 11.9 Å². The Morgan fingerprint density at radius 1 is 1.30 bits per heavy atom. The lowest BCUT2D eigenvalue weighted by Crippen LogP contribution is -2.44. The van der Waals surface area contributed by atoms with Crippen LogP contribution in [0.25, 0.3) is 0 Å². The fourth-order valence-electron chi connectivity index (χ4n) is 1.28. The number of anilines is 1. The smallest absolute Gasteiger partial charge is 0.326 e. The fraction of sp³-hybridized carbons (Fsp3) is 0.182. The number of rotatable bonds is 5. The van der Waals surface area contributed by atoms with Crippen molar-refractivity contribution in [2.45, 2.75) is 12.5 Å². The lowest BCUT2D eigenvalue weighted by molar-refractivity contribution is -0.145. The number of hydrogen-bond donors (Lipinski definition) is 4. The van der Waals surface area contributed by atoms with Gasteiger partial charge in [0, 0.05) is 0 Å². The van der Waals surface area contributed by atoms with Gasteiger partial charge < -0.3 is 20.8 Å². The van der Waals surface area contributed by atoms with Crippen molar-refractivity contribution in [3.63, 3.8) is 0 Å². The molecule has 108 valence electrons. The van der Waals surface area contributed by atoms with Gasteiger partial charge in [-0.3, -0.25) is 4.79 Å². The molecule has 0 aromatic heterocycles. The minimum absolute atomic E-state index is 0.0602. The summed E-state index contributed by atoms with van der Waals surface area (Å²) in [4.78, 5) is 32.7. The Balaban J connectivity index is 2.70. The first-order valence-corrected chi connectivity index (χ1v) is 5.64. The highest BCUT2D eigenvalue weighted by molar-refractivity contribution is 6.33. The molecule has 1 aromatic rings. The molecular weight excluding hydrogens is 295 g/mol. The van der Waals surface area contributed by atoms with Gasteiger partial charge in [-0.25, -0.2) is 14.0 Å². The van der Waals surface area contributed by atoms with Crippen molar-refractivity contribution >= 4 is 35.3 Å². The van der Waals surface area contributed by atoms with E-state index in [-0.39, 0.29) is 10.7 Å². The van der Waals surface area contributed by atoms with Gasteiger partial charge in [0.25, 0.3) is 0 Å². The molecule has 0 aliphatic rings. The van der Waals surface area contributed by atoms with E-state index >= 15 is 0 Å². The highest BCUT2D eigenvalue weighted by Crippen LogP contribution is 2.22. The van der Waals surface area contributed by atoms with Crippen LogP contribution in [0.1, 0.15) is 6.42 Å². The van der Waals surface area contributed by atoms with Crippen molar-refractivity contribution in [1.29, 1.82) is 0 Å². The quantitative estimate of drug-likeness (QED) is 0.658. The molecule has 9 heteroatoms. The zero-order valence-corrected chi connectivity index (χ0v) is 10.6. The predicted molar refractivity (Wildman–Crippen MR) is 67.2 cm³/mol. The SMILES string of the molecule is O=C(O)CC(NC(=O)Nc1ccc(F)cc1Cl)C(=O)O. The molecule has 0 bridgehead atoms. The number of urea groups is 1. The molecule has 7 nitrogen and oxygen atoms in total. The number of nitrogens with one attached hydrogen (secondary N) is 2. The molecule has 0 saturated carbocycles. The van der Waals surface area contributed by atoms with Crippen LogP contribution in [-0.4, -0.2) is 34.2 Å². The van der Waals surface area contributed by atoms with Gasteiger partial charge in [-0.2, -0.15) is 0 Å². The fourth-order valence-corrected chi connectivity index (χ4v) is 1.50. The van der Waals surface area contributed by atoms with Gasteiger partial charge in [-0.15, -0.1) is 0 Å². The molecule has 20 heavy (non-hydrogen) atoms. The summed E-state index contributed by atoms with van der Waals surface area (Å²) >= 11 is 5.66. The lowest BCUT2D eigenvalue weighted by Gasteiger charge is -2.13. The van der Waals surface area contributed by atoms with Crippen molar-refractivity contribution in [2.75, 3.05) is 5.32 Å². The lowest BCUT2D eigenvalue weighted by atomic mass is 10.2. The van der Waals surface area contributed by atoms with Crippen LogP contribution in [0, 0.1) is 5.82 Å². The number of aliphatic carboxylic acids is 2. The van der Waals surface area contributed by atoms with Gasteiger partial charge in [-0.1, -0.05) is 11.6 Å². The Bertz CT molecular complexity index is 552. The van der Waals surface area contributed by atoms with Gasteiger partial charge >= 0.3 is 18.0 Å². The van der Waals surface area contributed by atoms with Crippen molar-refractivity contribution < 1.29 is 29.0 Å². The van der Waals surface area contributed by atoms with Crippen molar-refractivity contribution in [3.8, 4) is 0 Å². The molecule has 0 spiro atoms. The average molecular weight is 305 g/mol. The van der Waals surface area contributed by atoms with Gasteiger partial charge in [0.15, 0.2) is 0 Å². The number of carbonyl (C=O) groups is 3. The number of hydrogen-bond acceptors (Lipinski definition) is 3. The summed E-state index contributed by atoms with van der Waals surface area (Å²) in [6.07, 6.45) is -0.778. The number of carboxylic acid groups (broad SMARTS) is 2. The Morgan fingerprint density at radius 3 is 2.45 bits per heavy atom. The maximum Gasteiger partial charge on any atom is 0.326 e. The summed E-state index contributed by atoms with van der Waals surface area (Å²) in [7, 11) is 0. The van der Waals surface area contributed by atoms with Crippen molar-refractivity contribution in [1.82, 2.24) is 5.32 Å². The minimum Gasteiger partial charge on any atom is -0.481 e. The van der Waals surface area contributed by atoms with Crippen LogP contribution in [0.4, 0.5) is 14.9 Å². The Morgan fingerprint density at radius 2 is 1.95 bits per heavy atom. The third-order valence-corrected chi connectivity index (χ3v) is 2.47. The molecule has 1 atom stereocenters. The van der Waals surface area contributed by atoms with Gasteiger partial charge in [-0.05, 0) is 18.2 Å². The summed E-state index contributed by atoms with van der Waals surface area (Å²) in [6.45, 7) is 0. The topological polar surface area (TPSA) is 116 Å². The molecular formula is C11H10ClFN2O5. The summed E-state index contributed by atoms with van der Waals surface area (Å²) in [5.41, 5.74) is 0.0602. The number of carbonyl (C=O) groups excluding carboxylic acids is 1. The second-order valence-corrected chi connectivity index (χ2v) is 4.12. The predicted octanol–water partition coefficient (Wildman–Crippen LogP) is 1.53. The van der Waals surface area contributed by atoms with Crippen LogP contribution in [0.3, 0.4) is 0 Å². The van der Waals surface area contributed by atoms with E-state index in [4.69, 9.17) is 21.8 Å². The molecule has 0 saturated heterocycles. The van der Waals surface area contributed by atoms with Crippen LogP contribution >= 0.6 is 11.6 Å². The summed E-state index contributed by atoms with van der Waals surface area (Å²) < 4.78 is 12.8. The second kappa shape index (κ2) is 6.71. The third kappa shape index (κ3) is 4.73. The zero-order valence-electron chi connectivity index (χ0n) is 9.89. The van der Waals surface area contributed by atoms with Crippen LogP contribution < -0.4 is 10.6 Å². The molecule has 0 aliphatic carbocycles. The normalized spacial score (nSPS) is 11.5. The third-order valence-electron chi connectivity index (χ3n) is 2.16. The summed E-state index contributed by atoms with van der Waals surface area (Å²) in [5.74, 6) is -3.47. The molecule has 0 radical (unpaired) electrons. The van der Waals surface area contributed by atoms with E-state index in [1.54, 1.807) is 0 Å². The Kier molecular flexibility index (Phi) is 5.27. The van der Waals surface area contributed by atoms with E-state index in [1.165, 1.54) is 6.07 Å². The van der Waals surface area contributed by atoms with Crippen LogP contribution in [0.2, 0.25) is 5.02 Å². The first-order chi connectivity index (χ1) is 9.29. The average Bonchev–Trinajstić information content (AvgIpc) is 2.31. The van der Waals surface area contributed by atoms with Gasteiger partial charge in [0.2, 0.25) is 0 Å². The molecule has 0 heterocycles. The molecule has 1 aromatic carbocycles. The second-order valence-electron chi connectivity index (χ2n) is 3.71. The summed E-state index contributed by atoms with van der Waals surface area (Å²) in [5, 5.41) is 21.3. The largest absolute Gasteiger partial charge is 0.481 e. The first kappa shape index (κ1) is 15.7. The van der Waals surface area contributed by atoms with Crippen molar-refractivity contribution in [3.05, 3.63) is 29.0 Å². The van der Waals surface area contributed by atoms with Crippen LogP contribution in [0.15, 0.2) is 18.2 Å². The van der Waals surface area contributed by atoms with Gasteiger partial charge in [0.05, 0.1) is 17.1 Å². The van der Waals surface area contributed by atoms with Crippen molar-refractivity contribution in [2.24, 2.45) is 0 Å². The highest BCUT2D eigenvalue weighted by atomic mass is 35.5. The number of halogens is 2. The maximum absolute atomic E-state index is 12.8. The molecule has 0 fully saturated rings. The van der Waals surface area contributed by atoms with Crippen LogP contribution in [-0.2, 0) is 9.59 Å². The minimum atomic E-state index is -1.59. The van der Waals surface area contributed by atoms with E-state index in [0.717, 1.165) is 12.1 Å².